The van der Waals surface area contributed by atoms with Gasteiger partial charge < -0.3 is 16.0 Å². The molecule has 1 unspecified atom stereocenters. The highest BCUT2D eigenvalue weighted by atomic mass is 16.1. The summed E-state index contributed by atoms with van der Waals surface area (Å²) in [6.07, 6.45) is 4.88. The van der Waals surface area contributed by atoms with E-state index in [0.717, 1.165) is 60.2 Å². The highest BCUT2D eigenvalue weighted by Gasteiger charge is 2.40. The Bertz CT molecular complexity index is 1550. The molecule has 0 radical (unpaired) electrons. The van der Waals surface area contributed by atoms with Crippen molar-refractivity contribution in [3.05, 3.63) is 94.9 Å². The van der Waals surface area contributed by atoms with Crippen molar-refractivity contribution in [2.24, 2.45) is 5.41 Å². The van der Waals surface area contributed by atoms with E-state index in [0.29, 0.717) is 17.6 Å². The van der Waals surface area contributed by atoms with E-state index in [2.05, 4.69) is 71.7 Å². The maximum absolute atomic E-state index is 13.4. The number of nitrogens with one attached hydrogen (secondary N) is 3. The Hall–Kier alpha value is -3.97. The van der Waals surface area contributed by atoms with Gasteiger partial charge in [0.1, 0.15) is 5.65 Å². The number of anilines is 3. The van der Waals surface area contributed by atoms with Gasteiger partial charge in [0, 0.05) is 35.1 Å². The molecule has 2 aromatic heterocycles. The average Bonchev–Trinajstić information content (AvgIpc) is 2.91. The van der Waals surface area contributed by atoms with E-state index in [1.807, 2.05) is 22.8 Å². The summed E-state index contributed by atoms with van der Waals surface area (Å²) < 4.78 is 1.81. The van der Waals surface area contributed by atoms with Gasteiger partial charge in [-0.25, -0.2) is 4.98 Å². The number of aromatic nitrogens is 3. The van der Waals surface area contributed by atoms with Crippen molar-refractivity contribution in [1.82, 2.24) is 19.9 Å². The first-order valence-corrected chi connectivity index (χ1v) is 13.4. The van der Waals surface area contributed by atoms with Crippen LogP contribution in [0.15, 0.2) is 78.2 Å². The van der Waals surface area contributed by atoms with Crippen LogP contribution in [0.4, 0.5) is 17.3 Å². The van der Waals surface area contributed by atoms with Crippen LogP contribution in [0.25, 0.3) is 16.6 Å². The molecule has 38 heavy (non-hydrogen) atoms. The molecule has 0 amide bonds. The van der Waals surface area contributed by atoms with Gasteiger partial charge >= 0.3 is 0 Å². The van der Waals surface area contributed by atoms with Crippen LogP contribution in [0.1, 0.15) is 43.9 Å². The van der Waals surface area contributed by atoms with E-state index >= 15 is 0 Å². The van der Waals surface area contributed by atoms with Gasteiger partial charge in [0.2, 0.25) is 5.95 Å². The van der Waals surface area contributed by atoms with Crippen molar-refractivity contribution in [3.8, 4) is 0 Å². The number of hydrogen-bond donors (Lipinski definition) is 3. The lowest BCUT2D eigenvalue weighted by Gasteiger charge is -2.42. The third-order valence-corrected chi connectivity index (χ3v) is 7.86. The topological polar surface area (TPSA) is 83.9 Å². The third kappa shape index (κ3) is 4.58. The molecule has 1 atom stereocenters. The maximum Gasteiger partial charge on any atom is 0.252 e. The minimum atomic E-state index is -0.225. The zero-order chi connectivity index (χ0) is 26.3. The molecular weight excluding hydrogens is 472 g/mol. The first-order valence-electron chi connectivity index (χ1n) is 13.4. The molecule has 7 nitrogen and oxygen atoms in total. The minimum Gasteiger partial charge on any atom is -0.382 e. The van der Waals surface area contributed by atoms with Gasteiger partial charge in [-0.05, 0) is 84.8 Å². The summed E-state index contributed by atoms with van der Waals surface area (Å²) in [5.74, 6) is 0.454. The normalized spacial score (nSPS) is 19.2. The molecule has 1 aliphatic heterocycles. The van der Waals surface area contributed by atoms with Gasteiger partial charge in [-0.3, -0.25) is 9.36 Å². The van der Waals surface area contributed by atoms with Gasteiger partial charge in [0.05, 0.1) is 6.04 Å². The SMILES string of the molecule is C=C1c2ccccc2CC(C)(C)C1n1c(=O)ccc2cnc(Nc3ccc(NC4CCNCC4)cc3)nc21. The predicted molar refractivity (Wildman–Crippen MR) is 155 cm³/mol. The predicted octanol–water partition coefficient (Wildman–Crippen LogP) is 5.54. The summed E-state index contributed by atoms with van der Waals surface area (Å²) >= 11 is 0. The number of piperidine rings is 1. The van der Waals surface area contributed by atoms with E-state index in [-0.39, 0.29) is 17.0 Å². The second-order valence-corrected chi connectivity index (χ2v) is 11.1. The highest BCUT2D eigenvalue weighted by molar-refractivity contribution is 5.79. The van der Waals surface area contributed by atoms with Crippen LogP contribution < -0.4 is 21.5 Å². The fourth-order valence-electron chi connectivity index (χ4n) is 6.03. The molecule has 1 saturated heterocycles. The molecule has 194 valence electrons. The first-order chi connectivity index (χ1) is 18.4. The number of nitrogens with zero attached hydrogens (tertiary/aromatic N) is 3. The Kier molecular flexibility index (Phi) is 6.24. The molecule has 3 heterocycles. The molecule has 1 fully saturated rings. The monoisotopic (exact) mass is 506 g/mol. The van der Waals surface area contributed by atoms with Crippen molar-refractivity contribution in [1.29, 1.82) is 0 Å². The van der Waals surface area contributed by atoms with E-state index in [1.54, 1.807) is 18.3 Å². The lowest BCUT2D eigenvalue weighted by atomic mass is 9.68. The summed E-state index contributed by atoms with van der Waals surface area (Å²) in [4.78, 5) is 22.8. The van der Waals surface area contributed by atoms with Crippen molar-refractivity contribution < 1.29 is 0 Å². The molecule has 0 saturated carbocycles. The van der Waals surface area contributed by atoms with Crippen LogP contribution in [-0.2, 0) is 6.42 Å². The summed E-state index contributed by atoms with van der Waals surface area (Å²) in [6, 6.07) is 20.2. The Morgan fingerprint density at radius 2 is 1.74 bits per heavy atom. The molecule has 0 bridgehead atoms. The van der Waals surface area contributed by atoms with E-state index in [1.165, 1.54) is 5.56 Å². The quantitative estimate of drug-likeness (QED) is 0.330. The van der Waals surface area contributed by atoms with Crippen LogP contribution in [0, 0.1) is 5.41 Å². The van der Waals surface area contributed by atoms with E-state index < -0.39 is 0 Å². The van der Waals surface area contributed by atoms with Gasteiger partial charge in [0.25, 0.3) is 5.56 Å². The van der Waals surface area contributed by atoms with Crippen LogP contribution in [-0.4, -0.2) is 33.7 Å². The van der Waals surface area contributed by atoms with Gasteiger partial charge in [-0.15, -0.1) is 0 Å². The largest absolute Gasteiger partial charge is 0.382 e. The smallest absolute Gasteiger partial charge is 0.252 e. The van der Waals surface area contributed by atoms with Crippen LogP contribution >= 0.6 is 0 Å². The van der Waals surface area contributed by atoms with Gasteiger partial charge in [-0.1, -0.05) is 44.7 Å². The third-order valence-electron chi connectivity index (χ3n) is 7.86. The fourth-order valence-corrected chi connectivity index (χ4v) is 6.03. The molecule has 1 aliphatic carbocycles. The summed E-state index contributed by atoms with van der Waals surface area (Å²) in [7, 11) is 0. The fraction of sp³-hybridized carbons (Fsp3) is 0.323. The lowest BCUT2D eigenvalue weighted by molar-refractivity contribution is 0.258. The molecule has 2 aromatic carbocycles. The van der Waals surface area contributed by atoms with Gasteiger partial charge in [0.15, 0.2) is 0 Å². The minimum absolute atomic E-state index is 0.0888. The standard InChI is InChI=1S/C31H34N6O/c1-20-26-7-5-4-6-21(26)18-31(2,3)28(20)37-27(38)13-8-22-19-33-30(36-29(22)37)35-24-11-9-23(10-12-24)34-25-14-16-32-17-15-25/h4-13,19,25,28,32,34H,1,14-18H2,2-3H3,(H,33,35,36). The van der Waals surface area contributed by atoms with E-state index in [4.69, 9.17) is 4.98 Å². The molecule has 7 heteroatoms. The Morgan fingerprint density at radius 1 is 1.00 bits per heavy atom. The molecule has 0 spiro atoms. The van der Waals surface area contributed by atoms with Crippen molar-refractivity contribution in [2.75, 3.05) is 23.7 Å². The van der Waals surface area contributed by atoms with Crippen molar-refractivity contribution >= 4 is 33.9 Å². The molecular formula is C31H34N6O. The first kappa shape index (κ1) is 24.4. The molecule has 2 aliphatic rings. The van der Waals surface area contributed by atoms with Crippen LogP contribution in [0.2, 0.25) is 0 Å². The lowest BCUT2D eigenvalue weighted by Crippen LogP contribution is -2.39. The van der Waals surface area contributed by atoms with Gasteiger partial charge in [-0.2, -0.15) is 4.98 Å². The zero-order valence-electron chi connectivity index (χ0n) is 22.0. The molecule has 6 rings (SSSR count). The summed E-state index contributed by atoms with van der Waals surface area (Å²) in [5.41, 5.74) is 5.62. The Morgan fingerprint density at radius 3 is 2.53 bits per heavy atom. The number of pyridine rings is 1. The average molecular weight is 507 g/mol. The summed E-state index contributed by atoms with van der Waals surface area (Å²) in [5, 5.41) is 11.2. The zero-order valence-corrected chi connectivity index (χ0v) is 22.0. The van der Waals surface area contributed by atoms with Crippen LogP contribution in [0.5, 0.6) is 0 Å². The number of rotatable bonds is 5. The van der Waals surface area contributed by atoms with Crippen LogP contribution in [0.3, 0.4) is 0 Å². The number of hydrogen-bond acceptors (Lipinski definition) is 6. The maximum atomic E-state index is 13.4. The molecule has 3 N–H and O–H groups in total. The number of fused-ring (bicyclic) bond motifs is 2. The molecule has 4 aromatic rings. The second-order valence-electron chi connectivity index (χ2n) is 11.1. The van der Waals surface area contributed by atoms with Crippen molar-refractivity contribution in [3.63, 3.8) is 0 Å². The second kappa shape index (κ2) is 9.72. The van der Waals surface area contributed by atoms with E-state index in [9.17, 15) is 4.79 Å². The number of allylic oxidation sites excluding steroid dienone is 1. The number of benzene rings is 2. The Labute approximate surface area is 223 Å². The summed E-state index contributed by atoms with van der Waals surface area (Å²) in [6.45, 7) is 11.0. The van der Waals surface area contributed by atoms with Crippen molar-refractivity contribution in [2.45, 2.75) is 45.2 Å². The Balaban J connectivity index is 1.32. The highest BCUT2D eigenvalue weighted by Crippen LogP contribution is 2.48.